The molecule has 0 bridgehead atoms. The van der Waals surface area contributed by atoms with Gasteiger partial charge in [0.15, 0.2) is 0 Å². The second-order valence-electron chi connectivity index (χ2n) is 4.26. The number of hydrogen-bond acceptors (Lipinski definition) is 4. The van der Waals surface area contributed by atoms with Crippen molar-refractivity contribution in [3.05, 3.63) is 29.8 Å². The summed E-state index contributed by atoms with van der Waals surface area (Å²) in [6, 6.07) is 8.15. The Kier molecular flexibility index (Phi) is 4.79. The summed E-state index contributed by atoms with van der Waals surface area (Å²) < 4.78 is 5.32. The minimum atomic E-state index is 0.855. The average molecular weight is 235 g/mol. The number of benzene rings is 1. The minimum absolute atomic E-state index is 0.855. The van der Waals surface area contributed by atoms with Gasteiger partial charge >= 0.3 is 0 Å². The SMILES string of the molecule is COc1ccccc1CNCN1CCNCC1. The second-order valence-corrected chi connectivity index (χ2v) is 4.26. The highest BCUT2D eigenvalue weighted by Crippen LogP contribution is 2.16. The molecule has 0 unspecified atom stereocenters. The van der Waals surface area contributed by atoms with Crippen LogP contribution in [-0.4, -0.2) is 44.9 Å². The molecule has 0 atom stereocenters. The van der Waals surface area contributed by atoms with E-state index < -0.39 is 0 Å². The van der Waals surface area contributed by atoms with Crippen LogP contribution in [0.5, 0.6) is 5.75 Å². The van der Waals surface area contributed by atoms with E-state index in [1.54, 1.807) is 7.11 Å². The molecular weight excluding hydrogens is 214 g/mol. The Balaban J connectivity index is 1.77. The molecule has 1 aliphatic heterocycles. The van der Waals surface area contributed by atoms with Crippen LogP contribution in [-0.2, 0) is 6.54 Å². The van der Waals surface area contributed by atoms with Gasteiger partial charge in [0.05, 0.1) is 7.11 Å². The Morgan fingerprint density at radius 3 is 2.82 bits per heavy atom. The zero-order chi connectivity index (χ0) is 11.9. The molecule has 17 heavy (non-hydrogen) atoms. The first kappa shape index (κ1) is 12.4. The molecule has 0 aliphatic carbocycles. The molecule has 1 heterocycles. The number of ether oxygens (including phenoxy) is 1. The molecule has 1 aromatic rings. The summed E-state index contributed by atoms with van der Waals surface area (Å²) >= 11 is 0. The Morgan fingerprint density at radius 1 is 1.29 bits per heavy atom. The summed E-state index contributed by atoms with van der Waals surface area (Å²) in [6.07, 6.45) is 0. The van der Waals surface area contributed by atoms with Gasteiger partial charge in [0.25, 0.3) is 0 Å². The van der Waals surface area contributed by atoms with Crippen LogP contribution in [0.15, 0.2) is 24.3 Å². The zero-order valence-corrected chi connectivity index (χ0v) is 10.4. The lowest BCUT2D eigenvalue weighted by Crippen LogP contribution is -2.46. The van der Waals surface area contributed by atoms with Gasteiger partial charge in [0.1, 0.15) is 5.75 Å². The van der Waals surface area contributed by atoms with Gasteiger partial charge in [0.2, 0.25) is 0 Å². The quantitative estimate of drug-likeness (QED) is 0.785. The first-order valence-electron chi connectivity index (χ1n) is 6.16. The second kappa shape index (κ2) is 6.59. The average Bonchev–Trinajstić information content (AvgIpc) is 2.40. The predicted octanol–water partition coefficient (Wildman–Crippen LogP) is 0.647. The summed E-state index contributed by atoms with van der Waals surface area (Å²) in [5, 5.41) is 6.82. The Labute approximate surface area is 103 Å². The third-order valence-corrected chi connectivity index (χ3v) is 3.05. The fourth-order valence-corrected chi connectivity index (χ4v) is 2.07. The van der Waals surface area contributed by atoms with E-state index in [9.17, 15) is 0 Å². The van der Waals surface area contributed by atoms with Gasteiger partial charge in [-0.2, -0.15) is 0 Å². The monoisotopic (exact) mass is 235 g/mol. The van der Waals surface area contributed by atoms with Crippen LogP contribution < -0.4 is 15.4 Å². The van der Waals surface area contributed by atoms with Crippen LogP contribution >= 0.6 is 0 Å². The maximum absolute atomic E-state index is 5.32. The van der Waals surface area contributed by atoms with Gasteiger partial charge in [-0.25, -0.2) is 0 Å². The minimum Gasteiger partial charge on any atom is -0.496 e. The molecule has 2 N–H and O–H groups in total. The lowest BCUT2D eigenvalue weighted by Gasteiger charge is -2.27. The van der Waals surface area contributed by atoms with Crippen molar-refractivity contribution in [1.82, 2.24) is 15.5 Å². The molecule has 94 valence electrons. The first-order chi connectivity index (χ1) is 8.40. The van der Waals surface area contributed by atoms with Crippen LogP contribution in [0.1, 0.15) is 5.56 Å². The standard InChI is InChI=1S/C13H21N3O/c1-17-13-5-3-2-4-12(13)10-15-11-16-8-6-14-7-9-16/h2-5,14-15H,6-11H2,1H3. The highest BCUT2D eigenvalue weighted by molar-refractivity contribution is 5.32. The zero-order valence-electron chi connectivity index (χ0n) is 10.4. The number of methoxy groups -OCH3 is 1. The van der Waals surface area contributed by atoms with Gasteiger partial charge in [-0.05, 0) is 6.07 Å². The van der Waals surface area contributed by atoms with Crippen molar-refractivity contribution in [3.8, 4) is 5.75 Å². The molecule has 0 saturated carbocycles. The molecule has 0 aromatic heterocycles. The molecule has 0 radical (unpaired) electrons. The molecular formula is C13H21N3O. The van der Waals surface area contributed by atoms with Crippen molar-refractivity contribution in [1.29, 1.82) is 0 Å². The van der Waals surface area contributed by atoms with Crippen LogP contribution in [0.3, 0.4) is 0 Å². The summed E-state index contributed by atoms with van der Waals surface area (Å²) in [5.41, 5.74) is 1.21. The highest BCUT2D eigenvalue weighted by Gasteiger charge is 2.08. The molecule has 4 heteroatoms. The topological polar surface area (TPSA) is 36.5 Å². The van der Waals surface area contributed by atoms with Gasteiger partial charge in [-0.15, -0.1) is 0 Å². The Morgan fingerprint density at radius 2 is 2.06 bits per heavy atom. The van der Waals surface area contributed by atoms with Crippen molar-refractivity contribution in [2.75, 3.05) is 40.0 Å². The van der Waals surface area contributed by atoms with E-state index >= 15 is 0 Å². The predicted molar refractivity (Wildman–Crippen MR) is 69.1 cm³/mol. The fourth-order valence-electron chi connectivity index (χ4n) is 2.07. The third kappa shape index (κ3) is 3.70. The van der Waals surface area contributed by atoms with E-state index in [-0.39, 0.29) is 0 Å². The number of nitrogens with one attached hydrogen (secondary N) is 2. The number of piperazine rings is 1. The number of rotatable bonds is 5. The van der Waals surface area contributed by atoms with E-state index in [1.165, 1.54) is 5.56 Å². The molecule has 0 amide bonds. The number of hydrogen-bond donors (Lipinski definition) is 2. The van der Waals surface area contributed by atoms with E-state index in [0.717, 1.165) is 45.1 Å². The van der Waals surface area contributed by atoms with Crippen molar-refractivity contribution >= 4 is 0 Å². The molecule has 0 spiro atoms. The molecule has 1 saturated heterocycles. The molecule has 2 rings (SSSR count). The first-order valence-corrected chi connectivity index (χ1v) is 6.16. The van der Waals surface area contributed by atoms with Crippen LogP contribution in [0.25, 0.3) is 0 Å². The summed E-state index contributed by atoms with van der Waals surface area (Å²) in [6.45, 7) is 6.23. The van der Waals surface area contributed by atoms with Crippen molar-refractivity contribution in [2.45, 2.75) is 6.54 Å². The normalized spacial score (nSPS) is 17.0. The Hall–Kier alpha value is -1.10. The third-order valence-electron chi connectivity index (χ3n) is 3.05. The molecule has 1 aromatic carbocycles. The summed E-state index contributed by atoms with van der Waals surface area (Å²) in [7, 11) is 1.72. The van der Waals surface area contributed by atoms with Crippen LogP contribution in [0.4, 0.5) is 0 Å². The van der Waals surface area contributed by atoms with Crippen LogP contribution in [0, 0.1) is 0 Å². The Bertz CT molecular complexity index is 337. The maximum atomic E-state index is 5.32. The van der Waals surface area contributed by atoms with E-state index in [4.69, 9.17) is 4.74 Å². The fraction of sp³-hybridized carbons (Fsp3) is 0.538. The largest absolute Gasteiger partial charge is 0.496 e. The number of para-hydroxylation sites is 1. The summed E-state index contributed by atoms with van der Waals surface area (Å²) in [5.74, 6) is 0.959. The molecule has 1 aliphatic rings. The molecule has 1 fully saturated rings. The highest BCUT2D eigenvalue weighted by atomic mass is 16.5. The maximum Gasteiger partial charge on any atom is 0.123 e. The smallest absolute Gasteiger partial charge is 0.123 e. The number of nitrogens with zero attached hydrogens (tertiary/aromatic N) is 1. The van der Waals surface area contributed by atoms with Crippen molar-refractivity contribution in [3.63, 3.8) is 0 Å². The summed E-state index contributed by atoms with van der Waals surface area (Å²) in [4.78, 5) is 2.42. The lowest BCUT2D eigenvalue weighted by atomic mass is 10.2. The van der Waals surface area contributed by atoms with Crippen molar-refractivity contribution in [2.24, 2.45) is 0 Å². The van der Waals surface area contributed by atoms with Gasteiger partial charge in [0, 0.05) is 45.0 Å². The molecule has 4 nitrogen and oxygen atoms in total. The van der Waals surface area contributed by atoms with E-state index in [0.29, 0.717) is 0 Å². The van der Waals surface area contributed by atoms with Crippen molar-refractivity contribution < 1.29 is 4.74 Å². The van der Waals surface area contributed by atoms with Gasteiger partial charge < -0.3 is 15.4 Å². The lowest BCUT2D eigenvalue weighted by molar-refractivity contribution is 0.222. The van der Waals surface area contributed by atoms with E-state index in [1.807, 2.05) is 18.2 Å². The van der Waals surface area contributed by atoms with Gasteiger partial charge in [-0.3, -0.25) is 4.90 Å². The van der Waals surface area contributed by atoms with Crippen LogP contribution in [0.2, 0.25) is 0 Å². The van der Waals surface area contributed by atoms with E-state index in [2.05, 4.69) is 21.6 Å². The van der Waals surface area contributed by atoms with Gasteiger partial charge in [-0.1, -0.05) is 18.2 Å².